The maximum atomic E-state index is 12.4. The molecule has 1 heterocycles. The number of halogens is 1. The van der Waals surface area contributed by atoms with Crippen LogP contribution in [-0.2, 0) is 11.2 Å². The third kappa shape index (κ3) is 4.39. The number of para-hydroxylation sites is 1. The van der Waals surface area contributed by atoms with E-state index < -0.39 is 0 Å². The zero-order valence-corrected chi connectivity index (χ0v) is 16.9. The number of fused-ring (bicyclic) bond motifs is 1. The van der Waals surface area contributed by atoms with Gasteiger partial charge in [0.05, 0.1) is 10.5 Å². The second-order valence-corrected chi connectivity index (χ2v) is 7.99. The monoisotopic (exact) mass is 417 g/mol. The lowest BCUT2D eigenvalue weighted by Gasteiger charge is -2.37. The number of rotatable bonds is 5. The fraction of sp³-hybridized carbons (Fsp3) is 0.381. The largest absolute Gasteiger partial charge is 0.487 e. The van der Waals surface area contributed by atoms with Crippen molar-refractivity contribution >= 4 is 21.8 Å². The van der Waals surface area contributed by atoms with Gasteiger partial charge in [-0.15, -0.1) is 0 Å². The Bertz CT molecular complexity index is 804. The molecule has 2 aromatic carbocycles. The van der Waals surface area contributed by atoms with Gasteiger partial charge in [0.2, 0.25) is 0 Å². The van der Waals surface area contributed by atoms with Crippen molar-refractivity contribution in [2.24, 2.45) is 0 Å². The van der Waals surface area contributed by atoms with E-state index in [1.807, 2.05) is 56.3 Å². The number of nitrogens with one attached hydrogen (secondary N) is 1. The predicted molar refractivity (Wildman–Crippen MR) is 106 cm³/mol. The highest BCUT2D eigenvalue weighted by Gasteiger charge is 2.34. The molecule has 26 heavy (non-hydrogen) atoms. The third-order valence-electron chi connectivity index (χ3n) is 4.47. The average Bonchev–Trinajstić information content (AvgIpc) is 2.59. The van der Waals surface area contributed by atoms with Crippen LogP contribution in [0, 0.1) is 0 Å². The Morgan fingerprint density at radius 3 is 2.81 bits per heavy atom. The van der Waals surface area contributed by atoms with Gasteiger partial charge in [0.1, 0.15) is 17.1 Å². The summed E-state index contributed by atoms with van der Waals surface area (Å²) in [7, 11) is 0. The number of benzene rings is 2. The molecule has 4 nitrogen and oxygen atoms in total. The van der Waals surface area contributed by atoms with Crippen LogP contribution in [0.1, 0.15) is 44.4 Å². The summed E-state index contributed by atoms with van der Waals surface area (Å²) in [4.78, 5) is 12.4. The van der Waals surface area contributed by atoms with Crippen LogP contribution in [0.15, 0.2) is 46.9 Å². The Morgan fingerprint density at radius 1 is 1.31 bits per heavy atom. The van der Waals surface area contributed by atoms with Gasteiger partial charge < -0.3 is 14.8 Å². The lowest BCUT2D eigenvalue weighted by molar-refractivity contribution is -0.124. The number of amides is 1. The minimum Gasteiger partial charge on any atom is -0.487 e. The molecule has 0 saturated heterocycles. The molecule has 138 valence electrons. The standard InChI is InChI=1S/C21H24BrNO3/c1-4-14-9-10-19(16(22)11-14)25-13-20(24)23-17-12-21(2,3)26-18-8-6-5-7-15(17)18/h5-11,17H,4,12-13H2,1-3H3,(H,23,24)/t17-/m1/s1. The molecule has 0 radical (unpaired) electrons. The summed E-state index contributed by atoms with van der Waals surface area (Å²) >= 11 is 3.50. The molecule has 0 bridgehead atoms. The summed E-state index contributed by atoms with van der Waals surface area (Å²) < 4.78 is 12.6. The van der Waals surface area contributed by atoms with Crippen LogP contribution in [-0.4, -0.2) is 18.1 Å². The smallest absolute Gasteiger partial charge is 0.258 e. The van der Waals surface area contributed by atoms with Crippen molar-refractivity contribution in [3.63, 3.8) is 0 Å². The van der Waals surface area contributed by atoms with Crippen molar-refractivity contribution in [1.82, 2.24) is 5.32 Å². The van der Waals surface area contributed by atoms with E-state index >= 15 is 0 Å². The van der Waals surface area contributed by atoms with E-state index in [2.05, 4.69) is 28.2 Å². The van der Waals surface area contributed by atoms with Crippen LogP contribution in [0.5, 0.6) is 11.5 Å². The molecule has 5 heteroatoms. The molecule has 1 aliphatic rings. The van der Waals surface area contributed by atoms with Gasteiger partial charge in [-0.25, -0.2) is 0 Å². The molecule has 1 atom stereocenters. The number of hydrogen-bond donors (Lipinski definition) is 1. The van der Waals surface area contributed by atoms with Gasteiger partial charge in [-0.3, -0.25) is 4.79 Å². The molecule has 1 N–H and O–H groups in total. The Kier molecular flexibility index (Phi) is 5.56. The van der Waals surface area contributed by atoms with E-state index in [4.69, 9.17) is 9.47 Å². The summed E-state index contributed by atoms with van der Waals surface area (Å²) in [6.45, 7) is 6.14. The molecule has 2 aromatic rings. The molecule has 3 rings (SSSR count). The lowest BCUT2D eigenvalue weighted by Crippen LogP contribution is -2.42. The molecular weight excluding hydrogens is 394 g/mol. The summed E-state index contributed by atoms with van der Waals surface area (Å²) in [5, 5.41) is 3.08. The zero-order valence-electron chi connectivity index (χ0n) is 15.3. The molecule has 0 aliphatic carbocycles. The normalized spacial score (nSPS) is 17.8. The number of carbonyl (C=O) groups excluding carboxylic acids is 1. The van der Waals surface area contributed by atoms with Gasteiger partial charge >= 0.3 is 0 Å². The van der Waals surface area contributed by atoms with Crippen LogP contribution < -0.4 is 14.8 Å². The topological polar surface area (TPSA) is 47.6 Å². The van der Waals surface area contributed by atoms with Crippen LogP contribution in [0.4, 0.5) is 0 Å². The molecule has 0 aromatic heterocycles. The van der Waals surface area contributed by atoms with Gasteiger partial charge in [-0.2, -0.15) is 0 Å². The second kappa shape index (κ2) is 7.70. The second-order valence-electron chi connectivity index (χ2n) is 7.13. The predicted octanol–water partition coefficient (Wildman–Crippen LogP) is 4.81. The van der Waals surface area contributed by atoms with E-state index in [0.29, 0.717) is 12.2 Å². The van der Waals surface area contributed by atoms with Crippen molar-refractivity contribution in [2.45, 2.75) is 45.3 Å². The van der Waals surface area contributed by atoms with E-state index in [0.717, 1.165) is 22.2 Å². The lowest BCUT2D eigenvalue weighted by atomic mass is 9.90. The Labute approximate surface area is 163 Å². The van der Waals surface area contributed by atoms with Gasteiger partial charge in [-0.1, -0.05) is 31.2 Å². The van der Waals surface area contributed by atoms with Crippen molar-refractivity contribution in [2.75, 3.05) is 6.61 Å². The molecule has 0 saturated carbocycles. The molecule has 1 amide bonds. The van der Waals surface area contributed by atoms with Crippen LogP contribution in [0.25, 0.3) is 0 Å². The Hall–Kier alpha value is -2.01. The fourth-order valence-electron chi connectivity index (χ4n) is 3.19. The SMILES string of the molecule is CCc1ccc(OCC(=O)N[C@@H]2CC(C)(C)Oc3ccccc32)c(Br)c1. The molecule has 0 fully saturated rings. The van der Waals surface area contributed by atoms with Gasteiger partial charge in [0.25, 0.3) is 5.91 Å². The van der Waals surface area contributed by atoms with E-state index in [1.165, 1.54) is 5.56 Å². The Balaban J connectivity index is 1.65. The molecular formula is C21H24BrNO3. The Morgan fingerprint density at radius 2 is 2.08 bits per heavy atom. The van der Waals surface area contributed by atoms with E-state index in [9.17, 15) is 4.79 Å². The van der Waals surface area contributed by atoms with Crippen LogP contribution >= 0.6 is 15.9 Å². The summed E-state index contributed by atoms with van der Waals surface area (Å²) in [5.41, 5.74) is 1.90. The summed E-state index contributed by atoms with van der Waals surface area (Å²) in [5.74, 6) is 1.35. The first-order chi connectivity index (χ1) is 12.4. The molecule has 0 spiro atoms. The highest BCUT2D eigenvalue weighted by atomic mass is 79.9. The van der Waals surface area contributed by atoms with Crippen molar-refractivity contribution in [3.05, 3.63) is 58.1 Å². The van der Waals surface area contributed by atoms with Crippen LogP contribution in [0.3, 0.4) is 0 Å². The number of ether oxygens (including phenoxy) is 2. The first kappa shape index (κ1) is 18.8. The first-order valence-corrected chi connectivity index (χ1v) is 9.66. The minimum atomic E-state index is -0.327. The third-order valence-corrected chi connectivity index (χ3v) is 5.09. The number of aryl methyl sites for hydroxylation is 1. The maximum absolute atomic E-state index is 12.4. The summed E-state index contributed by atoms with van der Waals surface area (Å²) in [6, 6.07) is 13.7. The minimum absolute atomic E-state index is 0.0238. The van der Waals surface area contributed by atoms with Gasteiger partial charge in [0, 0.05) is 12.0 Å². The van der Waals surface area contributed by atoms with Crippen molar-refractivity contribution in [1.29, 1.82) is 0 Å². The number of carbonyl (C=O) groups is 1. The first-order valence-electron chi connectivity index (χ1n) is 8.86. The summed E-state index contributed by atoms with van der Waals surface area (Å²) in [6.07, 6.45) is 1.67. The highest BCUT2D eigenvalue weighted by molar-refractivity contribution is 9.10. The van der Waals surface area contributed by atoms with Crippen molar-refractivity contribution in [3.8, 4) is 11.5 Å². The maximum Gasteiger partial charge on any atom is 0.258 e. The van der Waals surface area contributed by atoms with E-state index in [-0.39, 0.29) is 24.2 Å². The van der Waals surface area contributed by atoms with Crippen molar-refractivity contribution < 1.29 is 14.3 Å². The molecule has 1 aliphatic heterocycles. The highest BCUT2D eigenvalue weighted by Crippen LogP contribution is 2.39. The zero-order chi connectivity index (χ0) is 18.7. The molecule has 0 unspecified atom stereocenters. The van der Waals surface area contributed by atoms with Gasteiger partial charge in [-0.05, 0) is 60.0 Å². The fourth-order valence-corrected chi connectivity index (χ4v) is 3.73. The van der Waals surface area contributed by atoms with E-state index in [1.54, 1.807) is 0 Å². The van der Waals surface area contributed by atoms with Crippen LogP contribution in [0.2, 0.25) is 0 Å². The average molecular weight is 418 g/mol. The number of hydrogen-bond acceptors (Lipinski definition) is 3. The quantitative estimate of drug-likeness (QED) is 0.758. The van der Waals surface area contributed by atoms with Gasteiger partial charge in [0.15, 0.2) is 6.61 Å².